The number of rotatable bonds is 1. The van der Waals surface area contributed by atoms with Crippen molar-refractivity contribution >= 4 is 24.8 Å². The molecule has 0 unspecified atom stereocenters. The number of piperazine rings is 1. The molecule has 1 aliphatic rings. The van der Waals surface area contributed by atoms with Crippen LogP contribution in [0.5, 0.6) is 0 Å². The summed E-state index contributed by atoms with van der Waals surface area (Å²) < 4.78 is 0. The van der Waals surface area contributed by atoms with E-state index < -0.39 is 0 Å². The molecule has 1 rings (SSSR count). The third kappa shape index (κ3) is 7.12. The predicted octanol–water partition coefficient (Wildman–Crippen LogP) is -0.269. The van der Waals surface area contributed by atoms with E-state index in [9.17, 15) is 0 Å². The summed E-state index contributed by atoms with van der Waals surface area (Å²) in [5, 5.41) is 11.7. The SMILES string of the molecule is Cl.Cl.OCC#CCN1CCNCC1. The van der Waals surface area contributed by atoms with Gasteiger partial charge in [0.15, 0.2) is 0 Å². The van der Waals surface area contributed by atoms with Crippen molar-refractivity contribution in [2.75, 3.05) is 39.3 Å². The third-order valence-corrected chi connectivity index (χ3v) is 1.72. The standard InChI is InChI=1S/C8H14N2O.2ClH/c11-8-2-1-5-10-6-3-9-4-7-10;;/h9,11H,3-8H2;2*1H. The van der Waals surface area contributed by atoms with Crippen molar-refractivity contribution in [2.24, 2.45) is 0 Å². The van der Waals surface area contributed by atoms with E-state index in [2.05, 4.69) is 22.1 Å². The summed E-state index contributed by atoms with van der Waals surface area (Å²) in [4.78, 5) is 2.28. The molecular formula is C8H16Cl2N2O. The number of aliphatic hydroxyl groups is 1. The van der Waals surface area contributed by atoms with Gasteiger partial charge in [-0.25, -0.2) is 0 Å². The molecule has 0 aromatic heterocycles. The number of hydrogen-bond acceptors (Lipinski definition) is 3. The van der Waals surface area contributed by atoms with Gasteiger partial charge in [-0.3, -0.25) is 4.90 Å². The number of aliphatic hydroxyl groups excluding tert-OH is 1. The molecule has 3 nitrogen and oxygen atoms in total. The Morgan fingerprint density at radius 1 is 1.15 bits per heavy atom. The molecule has 0 radical (unpaired) electrons. The summed E-state index contributed by atoms with van der Waals surface area (Å²) in [6.45, 7) is 5.02. The van der Waals surface area contributed by atoms with E-state index in [1.54, 1.807) is 0 Å². The molecule has 1 aliphatic heterocycles. The average molecular weight is 227 g/mol. The molecule has 0 aliphatic carbocycles. The largest absolute Gasteiger partial charge is 0.384 e. The predicted molar refractivity (Wildman–Crippen MR) is 58.7 cm³/mol. The maximum absolute atomic E-state index is 8.39. The van der Waals surface area contributed by atoms with Gasteiger partial charge in [0.05, 0.1) is 6.54 Å². The van der Waals surface area contributed by atoms with Crippen LogP contribution in [-0.4, -0.2) is 49.3 Å². The molecule has 0 saturated carbocycles. The first kappa shape index (κ1) is 15.5. The van der Waals surface area contributed by atoms with Gasteiger partial charge in [0, 0.05) is 26.2 Å². The van der Waals surface area contributed by atoms with Gasteiger partial charge in [-0.15, -0.1) is 24.8 Å². The second kappa shape index (κ2) is 10.1. The van der Waals surface area contributed by atoms with Crippen molar-refractivity contribution in [3.05, 3.63) is 0 Å². The number of hydrogen-bond donors (Lipinski definition) is 2. The molecular weight excluding hydrogens is 211 g/mol. The lowest BCUT2D eigenvalue weighted by Gasteiger charge is -2.24. The van der Waals surface area contributed by atoms with Gasteiger partial charge in [-0.2, -0.15) is 0 Å². The van der Waals surface area contributed by atoms with Crippen molar-refractivity contribution < 1.29 is 5.11 Å². The summed E-state index contributed by atoms with van der Waals surface area (Å²) in [6, 6.07) is 0. The molecule has 1 heterocycles. The lowest BCUT2D eigenvalue weighted by atomic mass is 10.3. The molecule has 0 atom stereocenters. The zero-order chi connectivity index (χ0) is 7.94. The van der Waals surface area contributed by atoms with Crippen molar-refractivity contribution in [1.82, 2.24) is 10.2 Å². The molecule has 0 aromatic rings. The Morgan fingerprint density at radius 2 is 1.77 bits per heavy atom. The van der Waals surface area contributed by atoms with Gasteiger partial charge >= 0.3 is 0 Å². The van der Waals surface area contributed by atoms with E-state index >= 15 is 0 Å². The molecule has 1 fully saturated rings. The number of halogens is 2. The van der Waals surface area contributed by atoms with E-state index in [1.165, 1.54) is 0 Å². The Kier molecular flexibility index (Phi) is 12.0. The Hall–Kier alpha value is 0.0200. The fraction of sp³-hybridized carbons (Fsp3) is 0.750. The van der Waals surface area contributed by atoms with E-state index in [1.807, 2.05) is 0 Å². The van der Waals surface area contributed by atoms with Crippen LogP contribution in [-0.2, 0) is 0 Å². The zero-order valence-corrected chi connectivity index (χ0v) is 9.09. The van der Waals surface area contributed by atoms with Crippen LogP contribution in [0.15, 0.2) is 0 Å². The highest BCUT2D eigenvalue weighted by Crippen LogP contribution is 1.88. The lowest BCUT2D eigenvalue weighted by molar-refractivity contribution is 0.268. The molecule has 0 bridgehead atoms. The van der Waals surface area contributed by atoms with Crippen molar-refractivity contribution in [3.63, 3.8) is 0 Å². The zero-order valence-electron chi connectivity index (χ0n) is 7.45. The third-order valence-electron chi connectivity index (χ3n) is 1.72. The minimum absolute atomic E-state index is 0. The van der Waals surface area contributed by atoms with Crippen LogP contribution in [0, 0.1) is 11.8 Å². The molecule has 0 spiro atoms. The van der Waals surface area contributed by atoms with Crippen LogP contribution in [0.1, 0.15) is 0 Å². The fourth-order valence-corrected chi connectivity index (χ4v) is 1.09. The van der Waals surface area contributed by atoms with Gasteiger partial charge < -0.3 is 10.4 Å². The van der Waals surface area contributed by atoms with Gasteiger partial charge in [0.2, 0.25) is 0 Å². The van der Waals surface area contributed by atoms with Crippen LogP contribution in [0.25, 0.3) is 0 Å². The van der Waals surface area contributed by atoms with Gasteiger partial charge in [0.1, 0.15) is 6.61 Å². The molecule has 78 valence electrons. The van der Waals surface area contributed by atoms with E-state index in [0.717, 1.165) is 32.7 Å². The van der Waals surface area contributed by atoms with Crippen LogP contribution < -0.4 is 5.32 Å². The molecule has 5 heteroatoms. The molecule has 13 heavy (non-hydrogen) atoms. The minimum Gasteiger partial charge on any atom is -0.384 e. The van der Waals surface area contributed by atoms with Gasteiger partial charge in [0.25, 0.3) is 0 Å². The highest BCUT2D eigenvalue weighted by molar-refractivity contribution is 5.85. The number of nitrogens with one attached hydrogen (secondary N) is 1. The fourth-order valence-electron chi connectivity index (χ4n) is 1.09. The normalized spacial score (nSPS) is 16.1. The second-order valence-corrected chi connectivity index (χ2v) is 2.54. The van der Waals surface area contributed by atoms with Crippen molar-refractivity contribution in [3.8, 4) is 11.8 Å². The molecule has 0 aromatic carbocycles. The summed E-state index contributed by atoms with van der Waals surface area (Å²) in [7, 11) is 0. The van der Waals surface area contributed by atoms with Crippen LogP contribution in [0.3, 0.4) is 0 Å². The molecule has 0 amide bonds. The van der Waals surface area contributed by atoms with E-state index in [0.29, 0.717) is 0 Å². The second-order valence-electron chi connectivity index (χ2n) is 2.54. The first-order chi connectivity index (χ1) is 5.43. The van der Waals surface area contributed by atoms with E-state index in [-0.39, 0.29) is 31.4 Å². The Balaban J connectivity index is 0. The first-order valence-electron chi connectivity index (χ1n) is 3.93. The monoisotopic (exact) mass is 226 g/mol. The topological polar surface area (TPSA) is 35.5 Å². The van der Waals surface area contributed by atoms with Crippen LogP contribution in [0.4, 0.5) is 0 Å². The molecule has 2 N–H and O–H groups in total. The van der Waals surface area contributed by atoms with Gasteiger partial charge in [-0.05, 0) is 0 Å². The Morgan fingerprint density at radius 3 is 2.31 bits per heavy atom. The smallest absolute Gasteiger partial charge is 0.104 e. The summed E-state index contributed by atoms with van der Waals surface area (Å²) in [5.74, 6) is 5.54. The summed E-state index contributed by atoms with van der Waals surface area (Å²) in [5.41, 5.74) is 0. The van der Waals surface area contributed by atoms with E-state index in [4.69, 9.17) is 5.11 Å². The van der Waals surface area contributed by atoms with Crippen molar-refractivity contribution in [2.45, 2.75) is 0 Å². The van der Waals surface area contributed by atoms with Crippen LogP contribution >= 0.6 is 24.8 Å². The van der Waals surface area contributed by atoms with Crippen LogP contribution in [0.2, 0.25) is 0 Å². The lowest BCUT2D eigenvalue weighted by Crippen LogP contribution is -2.43. The highest BCUT2D eigenvalue weighted by atomic mass is 35.5. The highest BCUT2D eigenvalue weighted by Gasteiger charge is 2.06. The van der Waals surface area contributed by atoms with Gasteiger partial charge in [-0.1, -0.05) is 11.8 Å². The maximum atomic E-state index is 8.39. The maximum Gasteiger partial charge on any atom is 0.104 e. The minimum atomic E-state index is -0.0217. The average Bonchev–Trinajstić information content (AvgIpc) is 2.07. The quantitative estimate of drug-likeness (QED) is 0.605. The number of nitrogens with zero attached hydrogens (tertiary/aromatic N) is 1. The Bertz CT molecular complexity index is 161. The molecule has 1 saturated heterocycles. The summed E-state index contributed by atoms with van der Waals surface area (Å²) in [6.07, 6.45) is 0. The van der Waals surface area contributed by atoms with Crippen molar-refractivity contribution in [1.29, 1.82) is 0 Å². The summed E-state index contributed by atoms with van der Waals surface area (Å²) >= 11 is 0. The first-order valence-corrected chi connectivity index (χ1v) is 3.93. The Labute approximate surface area is 91.7 Å².